The van der Waals surface area contributed by atoms with E-state index in [9.17, 15) is 19.2 Å². The Hall–Kier alpha value is -3.52. The summed E-state index contributed by atoms with van der Waals surface area (Å²) in [6.07, 6.45) is 1.36. The number of carbonyl (C=O) groups excluding carboxylic acids is 4. The Morgan fingerprint density at radius 1 is 1.15 bits per heavy atom. The number of imide groups is 1. The zero-order valence-electron chi connectivity index (χ0n) is 19.1. The van der Waals surface area contributed by atoms with Crippen LogP contribution < -0.4 is 10.6 Å². The molecule has 8 heteroatoms. The van der Waals surface area contributed by atoms with Gasteiger partial charge in [-0.2, -0.15) is 0 Å². The topological polar surface area (TPSA) is 105 Å². The summed E-state index contributed by atoms with van der Waals surface area (Å²) in [5, 5.41) is 5.24. The lowest BCUT2D eigenvalue weighted by Crippen LogP contribution is -2.52. The minimum Gasteiger partial charge on any atom is -0.379 e. The lowest BCUT2D eigenvalue weighted by molar-refractivity contribution is -0.137. The van der Waals surface area contributed by atoms with E-state index < -0.39 is 11.9 Å². The lowest BCUT2D eigenvalue weighted by atomic mass is 9.81. The van der Waals surface area contributed by atoms with E-state index >= 15 is 0 Å². The van der Waals surface area contributed by atoms with Gasteiger partial charge >= 0.3 is 0 Å². The van der Waals surface area contributed by atoms with Crippen LogP contribution in [0.25, 0.3) is 0 Å². The number of carbonyl (C=O) groups is 4. The first-order valence-corrected chi connectivity index (χ1v) is 11.6. The molecule has 5 rings (SSSR count). The molecule has 0 bridgehead atoms. The number of piperidine rings is 1. The first-order chi connectivity index (χ1) is 16.3. The molecule has 2 N–H and O–H groups in total. The van der Waals surface area contributed by atoms with Crippen molar-refractivity contribution >= 4 is 29.3 Å². The van der Waals surface area contributed by atoms with E-state index in [4.69, 9.17) is 4.74 Å². The summed E-state index contributed by atoms with van der Waals surface area (Å²) in [6, 6.07) is 12.9. The summed E-state index contributed by atoms with van der Waals surface area (Å²) in [5.41, 5.74) is 4.31. The average molecular weight is 462 g/mol. The maximum atomic E-state index is 13.0. The molecule has 2 aromatic rings. The van der Waals surface area contributed by atoms with E-state index in [1.807, 2.05) is 42.5 Å². The van der Waals surface area contributed by atoms with Crippen molar-refractivity contribution in [2.75, 3.05) is 18.5 Å². The number of nitrogens with one attached hydrogen (secondary N) is 2. The molecule has 0 saturated carbocycles. The van der Waals surface area contributed by atoms with Crippen LogP contribution in [0.3, 0.4) is 0 Å². The number of ether oxygens (including phenoxy) is 1. The van der Waals surface area contributed by atoms with E-state index in [0.29, 0.717) is 38.2 Å². The molecular formula is C26H27N3O5. The quantitative estimate of drug-likeness (QED) is 0.643. The number of amides is 4. The van der Waals surface area contributed by atoms with Crippen molar-refractivity contribution in [1.82, 2.24) is 10.2 Å². The monoisotopic (exact) mass is 461 g/mol. The highest BCUT2D eigenvalue weighted by Gasteiger charge is 2.39. The predicted molar refractivity (Wildman–Crippen MR) is 124 cm³/mol. The maximum Gasteiger partial charge on any atom is 0.255 e. The van der Waals surface area contributed by atoms with Gasteiger partial charge in [0.25, 0.3) is 5.91 Å². The standard InChI is InChI=1S/C26H27N3O5/c1-26(14-34-15-26)18-5-7-19(8-6-18)27-22(30)10-3-16-2-4-17-13-29(25(33)20(17)12-16)21-9-11-23(31)28-24(21)32/h2,4-8,12,21H,3,9-11,13-15H2,1H3,(H,27,30)(H,28,31,32). The summed E-state index contributed by atoms with van der Waals surface area (Å²) in [5.74, 6) is -1.02. The number of nitrogens with zero attached hydrogens (tertiary/aromatic N) is 1. The molecule has 2 aromatic carbocycles. The molecule has 2 fully saturated rings. The first kappa shape index (κ1) is 22.3. The van der Waals surface area contributed by atoms with Crippen LogP contribution in [0, 0.1) is 0 Å². The van der Waals surface area contributed by atoms with Gasteiger partial charge in [0.1, 0.15) is 6.04 Å². The summed E-state index contributed by atoms with van der Waals surface area (Å²) >= 11 is 0. The highest BCUT2D eigenvalue weighted by atomic mass is 16.5. The first-order valence-electron chi connectivity index (χ1n) is 11.6. The molecule has 3 aliphatic heterocycles. The zero-order chi connectivity index (χ0) is 23.9. The van der Waals surface area contributed by atoms with Gasteiger partial charge < -0.3 is 15.0 Å². The van der Waals surface area contributed by atoms with Crippen molar-refractivity contribution in [3.8, 4) is 0 Å². The molecule has 2 saturated heterocycles. The average Bonchev–Trinajstić information content (AvgIpc) is 3.12. The van der Waals surface area contributed by atoms with Crippen molar-refractivity contribution in [3.05, 3.63) is 64.7 Å². The van der Waals surface area contributed by atoms with Gasteiger partial charge in [-0.25, -0.2) is 0 Å². The number of rotatable bonds is 6. The molecule has 1 atom stereocenters. The number of hydrogen-bond acceptors (Lipinski definition) is 5. The van der Waals surface area contributed by atoms with Crippen molar-refractivity contribution < 1.29 is 23.9 Å². The van der Waals surface area contributed by atoms with Crippen LogP contribution in [-0.2, 0) is 37.5 Å². The number of fused-ring (bicyclic) bond motifs is 1. The second-order valence-electron chi connectivity index (χ2n) is 9.57. The SMILES string of the molecule is CC1(c2ccc(NC(=O)CCc3ccc4c(c3)C(=O)N(C3CCC(=O)NC3=O)C4)cc2)COC1. The Labute approximate surface area is 197 Å². The third-order valence-corrected chi connectivity index (χ3v) is 6.94. The Morgan fingerprint density at radius 2 is 1.91 bits per heavy atom. The van der Waals surface area contributed by atoms with Gasteiger partial charge in [0.15, 0.2) is 0 Å². The van der Waals surface area contributed by atoms with E-state index in [-0.39, 0.29) is 36.0 Å². The molecule has 8 nitrogen and oxygen atoms in total. The van der Waals surface area contributed by atoms with Gasteiger partial charge in [0, 0.05) is 36.1 Å². The Bertz CT molecular complexity index is 1170. The molecule has 176 valence electrons. The number of hydrogen-bond donors (Lipinski definition) is 2. The zero-order valence-corrected chi connectivity index (χ0v) is 19.1. The highest BCUT2D eigenvalue weighted by Crippen LogP contribution is 2.32. The highest BCUT2D eigenvalue weighted by molar-refractivity contribution is 6.05. The maximum absolute atomic E-state index is 13.0. The molecule has 4 amide bonds. The van der Waals surface area contributed by atoms with Crippen LogP contribution in [0.1, 0.15) is 53.2 Å². The number of anilines is 1. The summed E-state index contributed by atoms with van der Waals surface area (Å²) in [4.78, 5) is 50.6. The van der Waals surface area contributed by atoms with E-state index in [1.54, 1.807) is 0 Å². The van der Waals surface area contributed by atoms with Gasteiger partial charge in [0.2, 0.25) is 17.7 Å². The molecule has 0 radical (unpaired) electrons. The lowest BCUT2D eigenvalue weighted by Gasteiger charge is -2.38. The van der Waals surface area contributed by atoms with Crippen LogP contribution in [0.5, 0.6) is 0 Å². The second kappa shape index (κ2) is 8.68. The second-order valence-corrected chi connectivity index (χ2v) is 9.57. The molecule has 0 aliphatic carbocycles. The fourth-order valence-corrected chi connectivity index (χ4v) is 4.77. The fourth-order valence-electron chi connectivity index (χ4n) is 4.77. The van der Waals surface area contributed by atoms with Gasteiger partial charge in [0.05, 0.1) is 13.2 Å². The van der Waals surface area contributed by atoms with Gasteiger partial charge in [-0.05, 0) is 47.7 Å². The van der Waals surface area contributed by atoms with Crippen LogP contribution in [0.2, 0.25) is 0 Å². The van der Waals surface area contributed by atoms with Crippen molar-refractivity contribution in [2.45, 2.75) is 50.6 Å². The predicted octanol–water partition coefficient (Wildman–Crippen LogP) is 2.31. The van der Waals surface area contributed by atoms with Gasteiger partial charge in [-0.3, -0.25) is 24.5 Å². The molecule has 1 unspecified atom stereocenters. The summed E-state index contributed by atoms with van der Waals surface area (Å²) in [7, 11) is 0. The van der Waals surface area contributed by atoms with Crippen molar-refractivity contribution in [3.63, 3.8) is 0 Å². The van der Waals surface area contributed by atoms with Crippen LogP contribution in [-0.4, -0.2) is 47.8 Å². The third kappa shape index (κ3) is 4.21. The normalized spacial score (nSPS) is 21.0. The largest absolute Gasteiger partial charge is 0.379 e. The van der Waals surface area contributed by atoms with E-state index in [2.05, 4.69) is 17.6 Å². The van der Waals surface area contributed by atoms with Crippen LogP contribution >= 0.6 is 0 Å². The minimum absolute atomic E-state index is 0.0569. The smallest absolute Gasteiger partial charge is 0.255 e. The van der Waals surface area contributed by atoms with Crippen molar-refractivity contribution in [2.24, 2.45) is 0 Å². The van der Waals surface area contributed by atoms with E-state index in [0.717, 1.165) is 16.8 Å². The van der Waals surface area contributed by atoms with Crippen LogP contribution in [0.4, 0.5) is 5.69 Å². The Balaban J connectivity index is 1.17. The van der Waals surface area contributed by atoms with Gasteiger partial charge in [-0.15, -0.1) is 0 Å². The Kier molecular flexibility index (Phi) is 5.69. The summed E-state index contributed by atoms with van der Waals surface area (Å²) in [6.45, 7) is 3.94. The molecule has 34 heavy (non-hydrogen) atoms. The fraction of sp³-hybridized carbons (Fsp3) is 0.385. The van der Waals surface area contributed by atoms with Gasteiger partial charge in [-0.1, -0.05) is 31.2 Å². The minimum atomic E-state index is -0.627. The van der Waals surface area contributed by atoms with Crippen molar-refractivity contribution in [1.29, 1.82) is 0 Å². The van der Waals surface area contributed by atoms with Crippen LogP contribution in [0.15, 0.2) is 42.5 Å². The molecule has 3 aliphatic rings. The Morgan fingerprint density at radius 3 is 2.59 bits per heavy atom. The summed E-state index contributed by atoms with van der Waals surface area (Å²) < 4.78 is 5.32. The molecule has 3 heterocycles. The number of aryl methyl sites for hydroxylation is 1. The molecular weight excluding hydrogens is 434 g/mol. The molecule has 0 aromatic heterocycles. The molecule has 0 spiro atoms. The third-order valence-electron chi connectivity index (χ3n) is 6.94. The van der Waals surface area contributed by atoms with E-state index in [1.165, 1.54) is 10.5 Å². The number of benzene rings is 2.